The monoisotopic (exact) mass is 1120 g/mol. The fourth-order valence-electron chi connectivity index (χ4n) is 9.14. The van der Waals surface area contributed by atoms with Crippen molar-refractivity contribution >= 4 is 17.9 Å². The second-order valence-corrected chi connectivity index (χ2v) is 22.0. The molecule has 0 amide bonds. The molecule has 0 rings (SSSR count). The molecule has 0 heterocycles. The zero-order chi connectivity index (χ0) is 58.5. The number of hydrogen-bond acceptors (Lipinski definition) is 6. The molecule has 81 heavy (non-hydrogen) atoms. The van der Waals surface area contributed by atoms with Crippen molar-refractivity contribution in [2.24, 2.45) is 0 Å². The Kier molecular flexibility index (Phi) is 64.3. The van der Waals surface area contributed by atoms with Crippen molar-refractivity contribution in [3.8, 4) is 0 Å². The lowest BCUT2D eigenvalue weighted by atomic mass is 10.0. The van der Waals surface area contributed by atoms with Gasteiger partial charge in [-0.2, -0.15) is 0 Å². The lowest BCUT2D eigenvalue weighted by Gasteiger charge is -2.18. The summed E-state index contributed by atoms with van der Waals surface area (Å²) in [6.45, 7) is 6.39. The van der Waals surface area contributed by atoms with Crippen LogP contribution in [-0.4, -0.2) is 37.2 Å². The number of rotatable bonds is 60. The van der Waals surface area contributed by atoms with E-state index < -0.39 is 6.10 Å². The summed E-state index contributed by atoms with van der Waals surface area (Å²) in [5.74, 6) is -0.912. The quantitative estimate of drug-likeness (QED) is 0.0261. The Morgan fingerprint density at radius 2 is 0.481 bits per heavy atom. The van der Waals surface area contributed by atoms with Gasteiger partial charge in [0.25, 0.3) is 0 Å². The lowest BCUT2D eigenvalue weighted by Crippen LogP contribution is -2.30. The second-order valence-electron chi connectivity index (χ2n) is 22.0. The fourth-order valence-corrected chi connectivity index (χ4v) is 9.14. The third kappa shape index (κ3) is 66.2. The molecule has 0 radical (unpaired) electrons. The minimum Gasteiger partial charge on any atom is -0.462 e. The van der Waals surface area contributed by atoms with Gasteiger partial charge in [0.1, 0.15) is 13.2 Å². The maximum atomic E-state index is 12.9. The number of unbranched alkanes of at least 4 members (excludes halogenated alkanes) is 27. The summed E-state index contributed by atoms with van der Waals surface area (Å²) in [5.41, 5.74) is 0. The van der Waals surface area contributed by atoms with Crippen molar-refractivity contribution in [1.29, 1.82) is 0 Å². The van der Waals surface area contributed by atoms with E-state index in [-0.39, 0.29) is 31.1 Å². The molecule has 0 aliphatic heterocycles. The Labute approximate surface area is 500 Å². The Hall–Kier alpha value is -4.45. The molecule has 1 atom stereocenters. The zero-order valence-electron chi connectivity index (χ0n) is 52.8. The van der Waals surface area contributed by atoms with Gasteiger partial charge in [0.05, 0.1) is 0 Å². The van der Waals surface area contributed by atoms with Crippen LogP contribution in [-0.2, 0) is 28.6 Å². The first-order valence-electron chi connectivity index (χ1n) is 33.7. The van der Waals surface area contributed by atoms with E-state index in [1.165, 1.54) is 116 Å². The molecule has 0 aromatic rings. The molecular weight excluding hydrogens is 997 g/mol. The molecule has 1 unspecified atom stereocenters. The molecule has 0 bridgehead atoms. The van der Waals surface area contributed by atoms with E-state index >= 15 is 0 Å². The normalized spacial score (nSPS) is 13.0. The minimum absolute atomic E-state index is 0.0894. The number of carbonyl (C=O) groups excluding carboxylic acids is 3. The molecule has 0 aromatic heterocycles. The van der Waals surface area contributed by atoms with Crippen LogP contribution in [0, 0.1) is 0 Å². The van der Waals surface area contributed by atoms with Crippen molar-refractivity contribution in [3.63, 3.8) is 0 Å². The van der Waals surface area contributed by atoms with Gasteiger partial charge < -0.3 is 14.2 Å². The molecule has 6 nitrogen and oxygen atoms in total. The van der Waals surface area contributed by atoms with Crippen molar-refractivity contribution < 1.29 is 28.6 Å². The molecule has 0 saturated carbocycles. The third-order valence-electron chi connectivity index (χ3n) is 14.1. The highest BCUT2D eigenvalue weighted by Crippen LogP contribution is 2.16. The van der Waals surface area contributed by atoms with Crippen LogP contribution >= 0.6 is 0 Å². The number of ether oxygens (including phenoxy) is 3. The average Bonchev–Trinajstić information content (AvgIpc) is 3.46. The number of carbonyl (C=O) groups is 3. The summed E-state index contributed by atoms with van der Waals surface area (Å²) in [6.07, 6.45) is 96.2. The van der Waals surface area contributed by atoms with Crippen LogP contribution in [0.1, 0.15) is 303 Å². The number of esters is 3. The van der Waals surface area contributed by atoms with Gasteiger partial charge in [-0.15, -0.1) is 0 Å². The van der Waals surface area contributed by atoms with Crippen LogP contribution in [0.25, 0.3) is 0 Å². The van der Waals surface area contributed by atoms with Gasteiger partial charge in [-0.25, -0.2) is 0 Å². The molecule has 460 valence electrons. The summed E-state index contributed by atoms with van der Waals surface area (Å²) >= 11 is 0. The Balaban J connectivity index is 4.20. The molecule has 0 saturated heterocycles. The number of allylic oxidation sites excluding steroid dienone is 22. The second kappa shape index (κ2) is 68.1. The lowest BCUT2D eigenvalue weighted by molar-refractivity contribution is -0.167. The third-order valence-corrected chi connectivity index (χ3v) is 14.1. The van der Waals surface area contributed by atoms with Crippen LogP contribution in [0.4, 0.5) is 0 Å². The van der Waals surface area contributed by atoms with Gasteiger partial charge in [-0.1, -0.05) is 283 Å². The molecule has 0 fully saturated rings. The van der Waals surface area contributed by atoms with E-state index in [9.17, 15) is 14.4 Å². The summed E-state index contributed by atoms with van der Waals surface area (Å²) in [6, 6.07) is 0. The number of hydrogen-bond donors (Lipinski definition) is 0. The predicted molar refractivity (Wildman–Crippen MR) is 353 cm³/mol. The first-order chi connectivity index (χ1) is 40.0. The first kappa shape index (κ1) is 76.5. The summed E-state index contributed by atoms with van der Waals surface area (Å²) in [4.78, 5) is 38.3. The molecule has 0 aromatic carbocycles. The SMILES string of the molecule is CC/C=C\C/C=C\C/C=C\C/C=C\C/C=C\C/C=C\C/C=C\CCCCCCCCCCCCCCCC(=O)OCC(COC(=O)CCCCCCC/C=C\CCCCCC)OC(=O)CCCCCCC/C=C\C/C=C\C/C=C\CC. The highest BCUT2D eigenvalue weighted by molar-refractivity contribution is 5.71. The summed E-state index contributed by atoms with van der Waals surface area (Å²) in [5, 5.41) is 0. The Bertz CT molecular complexity index is 1720. The van der Waals surface area contributed by atoms with E-state index in [2.05, 4.69) is 154 Å². The van der Waals surface area contributed by atoms with Gasteiger partial charge in [0.2, 0.25) is 0 Å². The fraction of sp³-hybridized carbons (Fsp3) is 0.667. The predicted octanol–water partition coefficient (Wildman–Crippen LogP) is 23.3. The maximum Gasteiger partial charge on any atom is 0.306 e. The van der Waals surface area contributed by atoms with Crippen LogP contribution in [0.5, 0.6) is 0 Å². The van der Waals surface area contributed by atoms with Crippen molar-refractivity contribution in [1.82, 2.24) is 0 Å². The van der Waals surface area contributed by atoms with Crippen molar-refractivity contribution in [3.05, 3.63) is 134 Å². The van der Waals surface area contributed by atoms with E-state index in [1.807, 2.05) is 0 Å². The molecule has 0 spiro atoms. The largest absolute Gasteiger partial charge is 0.462 e. The maximum absolute atomic E-state index is 12.9. The standard InChI is InChI=1S/C75H124O6/c1-4-7-10-13-16-19-22-25-27-28-29-30-31-32-33-34-35-36-37-38-39-40-41-42-43-44-45-46-48-50-53-56-59-62-65-68-74(77)80-71-72(70-79-73(76)67-64-61-58-55-52-49-24-21-18-15-12-9-6-3)81-75(78)69-66-63-60-57-54-51-47-26-23-20-17-14-11-8-5-2/h7-8,10-11,16-17,19-21,24-27,29-30,32-33,35-36,38-39,47,72H,4-6,9,12-15,18,22-23,28,31,34,37,40-46,48-71H2,1-3H3/b10-7-,11-8-,19-16-,20-17-,24-21-,27-25-,30-29-,33-32-,36-35-,39-38-,47-26-. The molecule has 0 aliphatic rings. The van der Waals surface area contributed by atoms with Gasteiger partial charge in [-0.05, 0) is 135 Å². The van der Waals surface area contributed by atoms with Crippen LogP contribution in [0.15, 0.2) is 134 Å². The highest BCUT2D eigenvalue weighted by Gasteiger charge is 2.19. The van der Waals surface area contributed by atoms with Crippen LogP contribution < -0.4 is 0 Å². The van der Waals surface area contributed by atoms with Crippen molar-refractivity contribution in [2.75, 3.05) is 13.2 Å². The van der Waals surface area contributed by atoms with E-state index in [0.717, 1.165) is 148 Å². The van der Waals surface area contributed by atoms with Crippen LogP contribution in [0.3, 0.4) is 0 Å². The molecule has 0 aliphatic carbocycles. The minimum atomic E-state index is -0.794. The average molecular weight is 1120 g/mol. The van der Waals surface area contributed by atoms with E-state index in [0.29, 0.717) is 19.3 Å². The van der Waals surface area contributed by atoms with Gasteiger partial charge in [-0.3, -0.25) is 14.4 Å². The summed E-state index contributed by atoms with van der Waals surface area (Å²) in [7, 11) is 0. The van der Waals surface area contributed by atoms with Crippen molar-refractivity contribution in [2.45, 2.75) is 309 Å². The van der Waals surface area contributed by atoms with Gasteiger partial charge >= 0.3 is 17.9 Å². The Morgan fingerprint density at radius 1 is 0.259 bits per heavy atom. The molecule has 0 N–H and O–H groups in total. The topological polar surface area (TPSA) is 78.9 Å². The smallest absolute Gasteiger partial charge is 0.306 e. The van der Waals surface area contributed by atoms with E-state index in [4.69, 9.17) is 14.2 Å². The van der Waals surface area contributed by atoms with Gasteiger partial charge in [0.15, 0.2) is 6.10 Å². The first-order valence-corrected chi connectivity index (χ1v) is 33.7. The summed E-state index contributed by atoms with van der Waals surface area (Å²) < 4.78 is 16.9. The van der Waals surface area contributed by atoms with Gasteiger partial charge in [0, 0.05) is 19.3 Å². The van der Waals surface area contributed by atoms with E-state index in [1.54, 1.807) is 0 Å². The molecular formula is C75H124O6. The molecule has 6 heteroatoms. The van der Waals surface area contributed by atoms with Crippen LogP contribution in [0.2, 0.25) is 0 Å². The highest BCUT2D eigenvalue weighted by atomic mass is 16.6. The Morgan fingerprint density at radius 3 is 0.765 bits per heavy atom. The zero-order valence-corrected chi connectivity index (χ0v) is 52.8.